The first-order valence-electron chi connectivity index (χ1n) is 6.61. The molecule has 0 aromatic heterocycles. The lowest BCUT2D eigenvalue weighted by Crippen LogP contribution is -2.37. The lowest BCUT2D eigenvalue weighted by molar-refractivity contribution is 0.0967. The number of hydrogen-bond acceptors (Lipinski definition) is 0. The van der Waals surface area contributed by atoms with Crippen molar-refractivity contribution < 1.29 is 0 Å². The zero-order valence-corrected chi connectivity index (χ0v) is 10.5. The highest BCUT2D eigenvalue weighted by Gasteiger charge is 2.68. The van der Waals surface area contributed by atoms with E-state index in [2.05, 4.69) is 27.4 Å². The normalized spacial score (nSPS) is 51.9. The fourth-order valence-corrected chi connectivity index (χ4v) is 5.80. The smallest absolute Gasteiger partial charge is 0.00289 e. The van der Waals surface area contributed by atoms with Crippen molar-refractivity contribution in [3.63, 3.8) is 0 Å². The van der Waals surface area contributed by atoms with Gasteiger partial charge in [-0.25, -0.2) is 0 Å². The van der Waals surface area contributed by atoms with Gasteiger partial charge in [-0.2, -0.15) is 0 Å². The van der Waals surface area contributed by atoms with E-state index in [4.69, 9.17) is 0 Å². The molecule has 0 heterocycles. The molecule has 0 aliphatic heterocycles. The molecule has 3 fully saturated rings. The van der Waals surface area contributed by atoms with E-state index in [0.717, 1.165) is 5.92 Å². The van der Waals surface area contributed by atoms with Gasteiger partial charge in [0.05, 0.1) is 0 Å². The first-order valence-corrected chi connectivity index (χ1v) is 6.61. The van der Waals surface area contributed by atoms with Crippen molar-refractivity contribution in [2.45, 2.75) is 59.3 Å². The summed E-state index contributed by atoms with van der Waals surface area (Å²) in [5.41, 5.74) is 3.32. The lowest BCUT2D eigenvalue weighted by Gasteiger charge is -2.46. The quantitative estimate of drug-likeness (QED) is 0.507. The van der Waals surface area contributed by atoms with Gasteiger partial charge < -0.3 is 0 Å². The van der Waals surface area contributed by atoms with E-state index in [0.29, 0.717) is 16.2 Å². The maximum atomic E-state index is 4.44. The summed E-state index contributed by atoms with van der Waals surface area (Å²) >= 11 is 0. The average molecular weight is 204 g/mol. The summed E-state index contributed by atoms with van der Waals surface area (Å²) in [6, 6.07) is 0. The standard InChI is InChI=1S/C15H24/c1-11-6-5-8-14(4)12-7-9-15(11,14)10-13(12,2)3/h12H,1,5-10H2,2-4H3/t12-,14+,15+/m0/s1. The number of allylic oxidation sites excluding steroid dienone is 1. The minimum atomic E-state index is 0.541. The van der Waals surface area contributed by atoms with Gasteiger partial charge in [0, 0.05) is 0 Å². The van der Waals surface area contributed by atoms with Gasteiger partial charge >= 0.3 is 0 Å². The molecule has 3 atom stereocenters. The van der Waals surface area contributed by atoms with Gasteiger partial charge in [-0.15, -0.1) is 0 Å². The van der Waals surface area contributed by atoms with Crippen LogP contribution in [0.4, 0.5) is 0 Å². The van der Waals surface area contributed by atoms with Gasteiger partial charge in [-0.05, 0) is 60.7 Å². The molecule has 0 spiro atoms. The van der Waals surface area contributed by atoms with E-state index in [-0.39, 0.29) is 0 Å². The first-order chi connectivity index (χ1) is 6.92. The zero-order valence-electron chi connectivity index (χ0n) is 10.5. The third-order valence-corrected chi connectivity index (χ3v) is 6.27. The Morgan fingerprint density at radius 2 is 1.93 bits per heavy atom. The molecule has 0 heteroatoms. The fourth-order valence-electron chi connectivity index (χ4n) is 5.80. The molecule has 2 bridgehead atoms. The molecule has 15 heavy (non-hydrogen) atoms. The zero-order chi connectivity index (χ0) is 10.9. The lowest BCUT2D eigenvalue weighted by atomic mass is 9.58. The fraction of sp³-hybridized carbons (Fsp3) is 0.867. The van der Waals surface area contributed by atoms with Crippen LogP contribution in [0.15, 0.2) is 12.2 Å². The molecule has 0 nitrogen and oxygen atoms in total. The van der Waals surface area contributed by atoms with Gasteiger partial charge in [-0.1, -0.05) is 32.9 Å². The van der Waals surface area contributed by atoms with E-state index < -0.39 is 0 Å². The Morgan fingerprint density at radius 3 is 2.53 bits per heavy atom. The molecule has 0 radical (unpaired) electrons. The van der Waals surface area contributed by atoms with Crippen molar-refractivity contribution >= 4 is 0 Å². The Hall–Kier alpha value is -0.260. The predicted octanol–water partition coefficient (Wildman–Crippen LogP) is 4.56. The Kier molecular flexibility index (Phi) is 1.67. The molecule has 0 aromatic rings. The Morgan fingerprint density at radius 1 is 1.20 bits per heavy atom. The Labute approximate surface area is 94.1 Å². The molecular weight excluding hydrogens is 180 g/mol. The van der Waals surface area contributed by atoms with Crippen molar-refractivity contribution in [3.05, 3.63) is 12.2 Å². The van der Waals surface area contributed by atoms with Crippen LogP contribution in [0.25, 0.3) is 0 Å². The van der Waals surface area contributed by atoms with Crippen molar-refractivity contribution in [1.82, 2.24) is 0 Å². The minimum Gasteiger partial charge on any atom is -0.0993 e. The molecule has 0 saturated heterocycles. The van der Waals surface area contributed by atoms with Crippen LogP contribution >= 0.6 is 0 Å². The molecule has 3 saturated carbocycles. The maximum Gasteiger partial charge on any atom is -0.00289 e. The molecule has 0 amide bonds. The summed E-state index contributed by atoms with van der Waals surface area (Å²) in [6.07, 6.45) is 8.47. The second-order valence-corrected chi connectivity index (χ2v) is 7.21. The largest absolute Gasteiger partial charge is 0.0993 e. The van der Waals surface area contributed by atoms with Gasteiger partial charge in [0.2, 0.25) is 0 Å². The molecule has 0 aromatic carbocycles. The molecule has 3 rings (SSSR count). The molecule has 0 N–H and O–H groups in total. The number of rotatable bonds is 0. The van der Waals surface area contributed by atoms with Crippen molar-refractivity contribution in [2.24, 2.45) is 22.2 Å². The average Bonchev–Trinajstić information content (AvgIpc) is 2.50. The van der Waals surface area contributed by atoms with Crippen LogP contribution in [-0.4, -0.2) is 0 Å². The van der Waals surface area contributed by atoms with Gasteiger partial charge in [0.15, 0.2) is 0 Å². The van der Waals surface area contributed by atoms with Crippen LogP contribution in [0, 0.1) is 22.2 Å². The monoisotopic (exact) mass is 204 g/mol. The second-order valence-electron chi connectivity index (χ2n) is 7.21. The summed E-state index contributed by atoms with van der Waals surface area (Å²) in [7, 11) is 0. The third-order valence-electron chi connectivity index (χ3n) is 6.27. The van der Waals surface area contributed by atoms with Crippen molar-refractivity contribution in [2.75, 3.05) is 0 Å². The molecule has 84 valence electrons. The van der Waals surface area contributed by atoms with E-state index in [1.54, 1.807) is 5.57 Å². The van der Waals surface area contributed by atoms with Gasteiger partial charge in [0.25, 0.3) is 0 Å². The molecule has 3 aliphatic carbocycles. The SMILES string of the molecule is C=C1CCC[C@]2(C)[C@H]3CC[C@@]12CC3(C)C. The summed E-state index contributed by atoms with van der Waals surface area (Å²) < 4.78 is 0. The highest BCUT2D eigenvalue weighted by molar-refractivity contribution is 5.30. The van der Waals surface area contributed by atoms with Crippen molar-refractivity contribution in [3.8, 4) is 0 Å². The van der Waals surface area contributed by atoms with Crippen molar-refractivity contribution in [1.29, 1.82) is 0 Å². The summed E-state index contributed by atoms with van der Waals surface area (Å²) in [4.78, 5) is 0. The Balaban J connectivity index is 2.14. The van der Waals surface area contributed by atoms with Crippen LogP contribution in [-0.2, 0) is 0 Å². The first kappa shape index (κ1) is 9.93. The highest BCUT2D eigenvalue weighted by atomic mass is 14.7. The van der Waals surface area contributed by atoms with Gasteiger partial charge in [-0.3, -0.25) is 0 Å². The third kappa shape index (κ3) is 0.905. The highest BCUT2D eigenvalue weighted by Crippen LogP contribution is 2.77. The molecule has 0 unspecified atom stereocenters. The van der Waals surface area contributed by atoms with Crippen LogP contribution in [0.5, 0.6) is 0 Å². The second kappa shape index (κ2) is 2.52. The topological polar surface area (TPSA) is 0 Å². The van der Waals surface area contributed by atoms with Crippen LogP contribution in [0.2, 0.25) is 0 Å². The van der Waals surface area contributed by atoms with Gasteiger partial charge in [0.1, 0.15) is 0 Å². The maximum absolute atomic E-state index is 4.44. The van der Waals surface area contributed by atoms with E-state index in [1.165, 1.54) is 38.5 Å². The van der Waals surface area contributed by atoms with E-state index >= 15 is 0 Å². The van der Waals surface area contributed by atoms with Crippen LogP contribution in [0.1, 0.15) is 59.3 Å². The van der Waals surface area contributed by atoms with Crippen LogP contribution in [0.3, 0.4) is 0 Å². The van der Waals surface area contributed by atoms with E-state index in [1.807, 2.05) is 0 Å². The van der Waals surface area contributed by atoms with E-state index in [9.17, 15) is 0 Å². The predicted molar refractivity (Wildman–Crippen MR) is 64.7 cm³/mol. The molecule has 3 aliphatic rings. The molecular formula is C15H24. The summed E-state index contributed by atoms with van der Waals surface area (Å²) in [5, 5.41) is 0. The Bertz CT molecular complexity index is 325. The van der Waals surface area contributed by atoms with Crippen LogP contribution < -0.4 is 0 Å². The summed E-state index contributed by atoms with van der Waals surface area (Å²) in [5.74, 6) is 0.960. The number of hydrogen-bond donors (Lipinski definition) is 0. The minimum absolute atomic E-state index is 0.541. The summed E-state index contributed by atoms with van der Waals surface area (Å²) in [6.45, 7) is 12.0.